The van der Waals surface area contributed by atoms with E-state index in [4.69, 9.17) is 10.7 Å². The number of carbonyl (C=O) groups excluding carboxylic acids is 2. The molecule has 2 saturated heterocycles. The number of carbonyl (C=O) groups is 2. The minimum atomic E-state index is -4.43. The third-order valence-corrected chi connectivity index (χ3v) is 7.16. The van der Waals surface area contributed by atoms with Gasteiger partial charge in [-0.1, -0.05) is 12.1 Å². The molecule has 2 aliphatic rings. The Morgan fingerprint density at radius 2 is 1.74 bits per heavy atom. The lowest BCUT2D eigenvalue weighted by atomic mass is 9.97. The van der Waals surface area contributed by atoms with Crippen LogP contribution in [0.1, 0.15) is 36.8 Å². The maximum Gasteiger partial charge on any atom is 0.416 e. The number of nitrogens with zero attached hydrogens (tertiary/aromatic N) is 2. The van der Waals surface area contributed by atoms with E-state index in [0.717, 1.165) is 16.4 Å². The van der Waals surface area contributed by atoms with E-state index in [1.54, 1.807) is 0 Å². The zero-order chi connectivity index (χ0) is 22.8. The highest BCUT2D eigenvalue weighted by molar-refractivity contribution is 8.11. The molecule has 2 atom stereocenters. The number of likely N-dealkylation sites (tertiary alicyclic amines) is 1. The first-order valence-electron chi connectivity index (χ1n) is 9.91. The molecule has 1 N–H and O–H groups in total. The lowest BCUT2D eigenvalue weighted by molar-refractivity contribution is -0.142. The zero-order valence-electron chi connectivity index (χ0n) is 16.6. The van der Waals surface area contributed by atoms with E-state index >= 15 is 0 Å². The lowest BCUT2D eigenvalue weighted by Gasteiger charge is -2.33. The summed E-state index contributed by atoms with van der Waals surface area (Å²) in [5, 5.41) is 2.68. The first-order chi connectivity index (χ1) is 14.5. The Hall–Kier alpha value is -1.85. The van der Waals surface area contributed by atoms with Crippen LogP contribution in [0.2, 0.25) is 0 Å². The van der Waals surface area contributed by atoms with E-state index in [9.17, 15) is 31.2 Å². The summed E-state index contributed by atoms with van der Waals surface area (Å²) in [7, 11) is 1.49. The smallest absolute Gasteiger partial charge is 0.350 e. The van der Waals surface area contributed by atoms with Gasteiger partial charge in [-0.15, -0.1) is 0 Å². The minimum Gasteiger partial charge on any atom is -0.350 e. The molecule has 2 unspecified atom stereocenters. The molecule has 2 fully saturated rings. The molecule has 0 bridgehead atoms. The van der Waals surface area contributed by atoms with Crippen molar-refractivity contribution < 1.29 is 31.2 Å². The van der Waals surface area contributed by atoms with Crippen molar-refractivity contribution in [3.8, 4) is 0 Å². The highest BCUT2D eigenvalue weighted by Crippen LogP contribution is 2.29. The van der Waals surface area contributed by atoms with Gasteiger partial charge >= 0.3 is 6.18 Å². The van der Waals surface area contributed by atoms with Gasteiger partial charge in [0.25, 0.3) is 9.24 Å². The van der Waals surface area contributed by atoms with Gasteiger partial charge in [-0.3, -0.25) is 9.59 Å². The number of alkyl halides is 3. The second kappa shape index (κ2) is 9.33. The summed E-state index contributed by atoms with van der Waals surface area (Å²) in [4.78, 5) is 27.1. The van der Waals surface area contributed by atoms with Gasteiger partial charge in [0, 0.05) is 36.9 Å². The average molecular weight is 482 g/mol. The molecule has 12 heteroatoms. The Balaban J connectivity index is 1.59. The summed E-state index contributed by atoms with van der Waals surface area (Å²) >= 11 is 0. The van der Waals surface area contributed by atoms with Crippen LogP contribution in [-0.4, -0.2) is 55.1 Å². The summed E-state index contributed by atoms with van der Waals surface area (Å²) in [6.07, 6.45) is -2.31. The van der Waals surface area contributed by atoms with Crippen molar-refractivity contribution >= 4 is 31.7 Å². The highest BCUT2D eigenvalue weighted by Gasteiger charge is 2.39. The largest absolute Gasteiger partial charge is 0.416 e. The molecule has 172 valence electrons. The third kappa shape index (κ3) is 5.89. The van der Waals surface area contributed by atoms with Gasteiger partial charge in [-0.05, 0) is 43.4 Å². The molecule has 31 heavy (non-hydrogen) atoms. The van der Waals surface area contributed by atoms with E-state index in [0.29, 0.717) is 37.8 Å². The monoisotopic (exact) mass is 481 g/mol. The summed E-state index contributed by atoms with van der Waals surface area (Å²) < 4.78 is 62.2. The summed E-state index contributed by atoms with van der Waals surface area (Å²) in [5.41, 5.74) is -0.261. The number of piperidine rings is 1. The van der Waals surface area contributed by atoms with Crippen molar-refractivity contribution in [3.05, 3.63) is 35.4 Å². The summed E-state index contributed by atoms with van der Waals surface area (Å²) in [6.45, 7) is 0.673. The topological polar surface area (TPSA) is 86.8 Å². The van der Waals surface area contributed by atoms with Crippen LogP contribution in [0.25, 0.3) is 0 Å². The average Bonchev–Trinajstić information content (AvgIpc) is 3.20. The van der Waals surface area contributed by atoms with Gasteiger partial charge in [-0.2, -0.15) is 25.9 Å². The second-order valence-corrected chi connectivity index (χ2v) is 10.3. The zero-order valence-corrected chi connectivity index (χ0v) is 18.1. The number of hydrogen-bond acceptors (Lipinski definition) is 4. The Kier molecular flexibility index (Phi) is 7.17. The van der Waals surface area contributed by atoms with E-state index < -0.39 is 32.9 Å². The highest BCUT2D eigenvalue weighted by atomic mass is 35.7. The molecule has 3 rings (SSSR count). The Morgan fingerprint density at radius 1 is 1.10 bits per heavy atom. The van der Waals surface area contributed by atoms with Crippen LogP contribution in [0.15, 0.2) is 24.3 Å². The van der Waals surface area contributed by atoms with E-state index in [1.165, 1.54) is 17.0 Å². The van der Waals surface area contributed by atoms with E-state index in [-0.39, 0.29) is 31.4 Å². The molecule has 0 aliphatic carbocycles. The fraction of sp³-hybridized carbons (Fsp3) is 0.579. The van der Waals surface area contributed by atoms with Crippen molar-refractivity contribution in [2.45, 2.75) is 44.4 Å². The minimum absolute atomic E-state index is 0.0128. The Morgan fingerprint density at radius 3 is 2.35 bits per heavy atom. The van der Waals surface area contributed by atoms with Gasteiger partial charge in [0.2, 0.25) is 11.8 Å². The normalized spacial score (nSPS) is 23.0. The summed E-state index contributed by atoms with van der Waals surface area (Å²) in [5.74, 6) is -1.23. The van der Waals surface area contributed by atoms with Crippen LogP contribution in [0.5, 0.6) is 0 Å². The van der Waals surface area contributed by atoms with E-state index in [1.807, 2.05) is 0 Å². The van der Waals surface area contributed by atoms with Crippen molar-refractivity contribution in [2.24, 2.45) is 5.92 Å². The van der Waals surface area contributed by atoms with Gasteiger partial charge in [0.05, 0.1) is 11.5 Å². The fourth-order valence-electron chi connectivity index (χ4n) is 4.00. The van der Waals surface area contributed by atoms with Crippen LogP contribution in [0, 0.1) is 5.92 Å². The van der Waals surface area contributed by atoms with Gasteiger partial charge in [-0.25, -0.2) is 0 Å². The predicted octanol–water partition coefficient (Wildman–Crippen LogP) is 2.51. The van der Waals surface area contributed by atoms with Gasteiger partial charge in [0.15, 0.2) is 0 Å². The number of nitrogens with one attached hydrogen (secondary N) is 1. The van der Waals surface area contributed by atoms with Gasteiger partial charge < -0.3 is 10.2 Å². The van der Waals surface area contributed by atoms with Crippen molar-refractivity contribution in [3.63, 3.8) is 0 Å². The molecule has 1 aromatic rings. The van der Waals surface area contributed by atoms with Crippen LogP contribution in [0.3, 0.4) is 0 Å². The lowest BCUT2D eigenvalue weighted by Crippen LogP contribution is -2.50. The molecule has 0 spiro atoms. The van der Waals surface area contributed by atoms with Crippen LogP contribution < -0.4 is 5.32 Å². The van der Waals surface area contributed by atoms with Crippen molar-refractivity contribution in [1.29, 1.82) is 0 Å². The number of hydrogen-bond donors (Lipinski definition) is 1. The second-order valence-electron chi connectivity index (χ2n) is 7.74. The molecule has 2 aliphatic heterocycles. The number of amides is 2. The quantitative estimate of drug-likeness (QED) is 0.655. The Labute approximate surface area is 183 Å². The molecular weight excluding hydrogens is 459 g/mol. The van der Waals surface area contributed by atoms with Crippen molar-refractivity contribution in [1.82, 2.24) is 14.5 Å². The van der Waals surface area contributed by atoms with E-state index in [2.05, 4.69) is 5.32 Å². The Bertz CT molecular complexity index is 924. The first-order valence-corrected chi connectivity index (χ1v) is 12.2. The van der Waals surface area contributed by atoms with Crippen LogP contribution >= 0.6 is 10.7 Å². The molecule has 2 heterocycles. The van der Waals surface area contributed by atoms with Crippen LogP contribution in [-0.2, 0) is 31.5 Å². The third-order valence-electron chi connectivity index (χ3n) is 5.63. The fourth-order valence-corrected chi connectivity index (χ4v) is 5.08. The SMILES string of the molecule is O=C(NCc1ccc(C(F)(F)F)cc1)C1CCCN1C(=O)C1CCCN(S(=O)(=O)Cl)C1. The van der Waals surface area contributed by atoms with Crippen molar-refractivity contribution in [2.75, 3.05) is 19.6 Å². The maximum atomic E-state index is 13.0. The first kappa shape index (κ1) is 23.8. The standard InChI is InChI=1S/C19H23ClF3N3O4S/c20-31(29,30)25-9-1-3-14(12-25)18(28)26-10-2-4-16(26)17(27)24-11-13-5-7-15(8-6-13)19(21,22)23/h5-8,14,16H,1-4,9-12H2,(H,24,27). The van der Waals surface area contributed by atoms with Gasteiger partial charge in [0.1, 0.15) is 6.04 Å². The predicted molar refractivity (Wildman–Crippen MR) is 107 cm³/mol. The number of rotatable bonds is 5. The number of halogens is 4. The molecule has 0 saturated carbocycles. The molecule has 1 aromatic carbocycles. The molecular formula is C19H23ClF3N3O4S. The molecule has 0 radical (unpaired) electrons. The molecule has 7 nitrogen and oxygen atoms in total. The molecule has 0 aromatic heterocycles. The molecule has 2 amide bonds. The summed E-state index contributed by atoms with van der Waals surface area (Å²) in [6, 6.07) is 3.80. The van der Waals surface area contributed by atoms with Crippen LogP contribution in [0.4, 0.5) is 13.2 Å². The maximum absolute atomic E-state index is 13.0. The number of benzene rings is 1.